The summed E-state index contributed by atoms with van der Waals surface area (Å²) in [4.78, 5) is 24.9. The molecule has 1 saturated heterocycles. The summed E-state index contributed by atoms with van der Waals surface area (Å²) in [5, 5.41) is 10.5. The smallest absolute Gasteiger partial charge is 0.266 e. The Kier molecular flexibility index (Phi) is 7.47. The average Bonchev–Trinajstić information content (AvgIpc) is 2.84. The second-order valence-corrected chi connectivity index (χ2v) is 7.06. The van der Waals surface area contributed by atoms with Gasteiger partial charge in [0.25, 0.3) is 5.91 Å². The molecule has 1 heterocycles. The first kappa shape index (κ1) is 20.3. The minimum absolute atomic E-state index is 0.104. The van der Waals surface area contributed by atoms with Crippen molar-refractivity contribution in [2.45, 2.75) is 26.7 Å². The van der Waals surface area contributed by atoms with Gasteiger partial charge >= 0.3 is 0 Å². The third-order valence-corrected chi connectivity index (χ3v) is 4.88. The highest BCUT2D eigenvalue weighted by atomic mass is 32.2. The predicted octanol–water partition coefficient (Wildman–Crippen LogP) is 2.22. The molecule has 140 valence electrons. The Morgan fingerprint density at radius 2 is 1.96 bits per heavy atom. The Bertz CT molecular complexity index is 732. The van der Waals surface area contributed by atoms with Gasteiger partial charge in [-0.15, -0.1) is 0 Å². The summed E-state index contributed by atoms with van der Waals surface area (Å²) >= 11 is 6.43. The van der Waals surface area contributed by atoms with E-state index in [1.165, 1.54) is 16.7 Å². The van der Waals surface area contributed by atoms with Gasteiger partial charge in [-0.3, -0.25) is 9.69 Å². The molecule has 0 radical (unpaired) electrons. The molecule has 8 heteroatoms. The zero-order valence-electron chi connectivity index (χ0n) is 14.6. The van der Waals surface area contributed by atoms with Crippen LogP contribution in [0.5, 0.6) is 11.5 Å². The Labute approximate surface area is 162 Å². The number of amides is 1. The zero-order valence-corrected chi connectivity index (χ0v) is 16.3. The van der Waals surface area contributed by atoms with Crippen LogP contribution in [0.25, 0.3) is 6.08 Å². The number of aliphatic carboxylic acids is 1. The highest BCUT2D eigenvalue weighted by molar-refractivity contribution is 8.26. The lowest BCUT2D eigenvalue weighted by Gasteiger charge is -2.14. The average molecular weight is 394 g/mol. The van der Waals surface area contributed by atoms with Crippen molar-refractivity contribution < 1.29 is 24.2 Å². The fourth-order valence-electron chi connectivity index (χ4n) is 2.38. The molecule has 0 N–H and O–H groups in total. The lowest BCUT2D eigenvalue weighted by Crippen LogP contribution is -2.30. The number of carbonyl (C=O) groups is 2. The molecular formula is C18H20NO5S2-. The van der Waals surface area contributed by atoms with Gasteiger partial charge in [0.2, 0.25) is 0 Å². The molecule has 0 saturated carbocycles. The highest BCUT2D eigenvalue weighted by Crippen LogP contribution is 2.35. The number of carbonyl (C=O) groups excluding carboxylic acids is 2. The van der Waals surface area contributed by atoms with Crippen molar-refractivity contribution in [3.8, 4) is 11.5 Å². The van der Waals surface area contributed by atoms with Gasteiger partial charge < -0.3 is 19.4 Å². The molecule has 1 aromatic carbocycles. The van der Waals surface area contributed by atoms with E-state index in [1.807, 2.05) is 26.0 Å². The quantitative estimate of drug-likeness (QED) is 0.469. The maximum atomic E-state index is 12.5. The van der Waals surface area contributed by atoms with Gasteiger partial charge in [0.05, 0.1) is 18.1 Å². The molecule has 0 unspecified atom stereocenters. The van der Waals surface area contributed by atoms with Crippen LogP contribution in [0.1, 0.15) is 32.3 Å². The van der Waals surface area contributed by atoms with Crippen molar-refractivity contribution in [1.29, 1.82) is 0 Å². The molecule has 1 fully saturated rings. The summed E-state index contributed by atoms with van der Waals surface area (Å²) in [7, 11) is 0. The van der Waals surface area contributed by atoms with Crippen LogP contribution in [0.15, 0.2) is 23.1 Å². The first-order valence-corrected chi connectivity index (χ1v) is 9.53. The molecular weight excluding hydrogens is 374 g/mol. The van der Waals surface area contributed by atoms with Gasteiger partial charge in [0.15, 0.2) is 11.5 Å². The van der Waals surface area contributed by atoms with Gasteiger partial charge in [-0.1, -0.05) is 30.0 Å². The summed E-state index contributed by atoms with van der Waals surface area (Å²) in [6.07, 6.45) is 1.95. The standard InChI is InChI=1S/C18H21NO5S2/c1-3-23-13-8-7-12(10-14(13)24-4-2)11-15-17(22)19(18(25)26-15)9-5-6-16(20)21/h7-8,10-11H,3-6,9H2,1-2H3,(H,20,21)/p-1/b15-11+. The minimum Gasteiger partial charge on any atom is -0.550 e. The number of thiocarbonyl (C=S) groups is 1. The lowest BCUT2D eigenvalue weighted by atomic mass is 10.2. The third kappa shape index (κ3) is 5.22. The second kappa shape index (κ2) is 9.59. The van der Waals surface area contributed by atoms with Gasteiger partial charge in [-0.2, -0.15) is 0 Å². The maximum absolute atomic E-state index is 12.5. The highest BCUT2D eigenvalue weighted by Gasteiger charge is 2.31. The molecule has 2 rings (SSSR count). The molecule has 0 spiro atoms. The Morgan fingerprint density at radius 1 is 1.27 bits per heavy atom. The van der Waals surface area contributed by atoms with Gasteiger partial charge in [-0.05, 0) is 50.5 Å². The maximum Gasteiger partial charge on any atom is 0.266 e. The number of carboxylic acids is 1. The van der Waals surface area contributed by atoms with Crippen LogP contribution in [0.3, 0.4) is 0 Å². The summed E-state index contributed by atoms with van der Waals surface area (Å²) in [5.74, 6) is -0.0807. The number of benzene rings is 1. The number of nitrogens with zero attached hydrogens (tertiary/aromatic N) is 1. The van der Waals surface area contributed by atoms with E-state index in [4.69, 9.17) is 21.7 Å². The minimum atomic E-state index is -1.14. The third-order valence-electron chi connectivity index (χ3n) is 3.50. The Morgan fingerprint density at radius 3 is 2.62 bits per heavy atom. The summed E-state index contributed by atoms with van der Waals surface area (Å²) in [6, 6.07) is 5.47. The van der Waals surface area contributed by atoms with Crippen LogP contribution in [-0.2, 0) is 9.59 Å². The molecule has 26 heavy (non-hydrogen) atoms. The summed E-state index contributed by atoms with van der Waals surface area (Å²) in [5.41, 5.74) is 0.798. The van der Waals surface area contributed by atoms with Crippen molar-refractivity contribution in [2.75, 3.05) is 19.8 Å². The number of rotatable bonds is 9. The van der Waals surface area contributed by atoms with E-state index >= 15 is 0 Å². The fraction of sp³-hybridized carbons (Fsp3) is 0.389. The SMILES string of the molecule is CCOc1ccc(/C=C2/SC(=S)N(CCCC(=O)[O-])C2=O)cc1OCC. The van der Waals surface area contributed by atoms with E-state index in [0.29, 0.717) is 40.4 Å². The van der Waals surface area contributed by atoms with Crippen LogP contribution < -0.4 is 14.6 Å². The van der Waals surface area contributed by atoms with Crippen molar-refractivity contribution in [3.05, 3.63) is 28.7 Å². The zero-order chi connectivity index (χ0) is 19.1. The molecule has 1 aromatic rings. The summed E-state index contributed by atoms with van der Waals surface area (Å²) in [6.45, 7) is 5.09. The predicted molar refractivity (Wildman–Crippen MR) is 103 cm³/mol. The molecule has 1 amide bonds. The number of ether oxygens (including phenoxy) is 2. The molecule has 6 nitrogen and oxygen atoms in total. The largest absolute Gasteiger partial charge is 0.550 e. The van der Waals surface area contributed by atoms with Crippen molar-refractivity contribution in [1.82, 2.24) is 4.90 Å². The van der Waals surface area contributed by atoms with E-state index in [-0.39, 0.29) is 18.9 Å². The number of thioether (sulfide) groups is 1. The van der Waals surface area contributed by atoms with Crippen LogP contribution in [0.4, 0.5) is 0 Å². The van der Waals surface area contributed by atoms with E-state index in [2.05, 4.69) is 0 Å². The van der Waals surface area contributed by atoms with E-state index in [9.17, 15) is 14.7 Å². The number of hydrogen-bond acceptors (Lipinski definition) is 7. The van der Waals surface area contributed by atoms with Gasteiger partial charge in [-0.25, -0.2) is 0 Å². The first-order valence-electron chi connectivity index (χ1n) is 8.31. The monoisotopic (exact) mass is 394 g/mol. The van der Waals surface area contributed by atoms with Crippen LogP contribution in [0.2, 0.25) is 0 Å². The van der Waals surface area contributed by atoms with Crippen LogP contribution >= 0.6 is 24.0 Å². The first-order chi connectivity index (χ1) is 12.5. The van der Waals surface area contributed by atoms with E-state index < -0.39 is 5.97 Å². The fourth-order valence-corrected chi connectivity index (χ4v) is 3.69. The van der Waals surface area contributed by atoms with E-state index in [0.717, 1.165) is 5.56 Å². The van der Waals surface area contributed by atoms with Crippen molar-refractivity contribution in [2.24, 2.45) is 0 Å². The molecule has 1 aliphatic rings. The van der Waals surface area contributed by atoms with Crippen LogP contribution in [0, 0.1) is 0 Å². The van der Waals surface area contributed by atoms with Crippen molar-refractivity contribution >= 4 is 46.3 Å². The van der Waals surface area contributed by atoms with Crippen molar-refractivity contribution in [3.63, 3.8) is 0 Å². The van der Waals surface area contributed by atoms with Crippen LogP contribution in [-0.4, -0.2) is 40.9 Å². The normalized spacial score (nSPS) is 15.6. The molecule has 0 aromatic heterocycles. The van der Waals surface area contributed by atoms with Gasteiger partial charge in [0, 0.05) is 12.5 Å². The van der Waals surface area contributed by atoms with E-state index in [1.54, 1.807) is 12.1 Å². The number of carboxylic acid groups (broad SMARTS) is 1. The van der Waals surface area contributed by atoms with Gasteiger partial charge in [0.1, 0.15) is 4.32 Å². The molecule has 0 bridgehead atoms. The topological polar surface area (TPSA) is 78.9 Å². The molecule has 0 atom stereocenters. The Balaban J connectivity index is 2.16. The lowest BCUT2D eigenvalue weighted by molar-refractivity contribution is -0.305. The molecule has 1 aliphatic heterocycles. The number of hydrogen-bond donors (Lipinski definition) is 0. The summed E-state index contributed by atoms with van der Waals surface area (Å²) < 4.78 is 11.6. The second-order valence-electron chi connectivity index (χ2n) is 5.38. The molecule has 0 aliphatic carbocycles. The Hall–Kier alpha value is -2.06.